The van der Waals surface area contributed by atoms with Crippen molar-refractivity contribution in [1.29, 1.82) is 0 Å². The van der Waals surface area contributed by atoms with Crippen LogP contribution < -0.4 is 5.32 Å². The van der Waals surface area contributed by atoms with Crippen molar-refractivity contribution >= 4 is 35.6 Å². The normalized spacial score (nSPS) is 18.2. The van der Waals surface area contributed by atoms with Crippen molar-refractivity contribution in [1.82, 2.24) is 14.8 Å². The number of aliphatic imine (C=N–C) groups is 2. The van der Waals surface area contributed by atoms with E-state index < -0.39 is 29.5 Å². The van der Waals surface area contributed by atoms with E-state index in [1.54, 1.807) is 14.0 Å². The minimum atomic E-state index is -4.50. The molecule has 0 saturated heterocycles. The average molecular weight is 417 g/mol. The number of nitrogens with zero attached hydrogens (tertiary/aromatic N) is 6. The summed E-state index contributed by atoms with van der Waals surface area (Å²) in [5, 5.41) is 12.2. The molecule has 0 bridgehead atoms. The summed E-state index contributed by atoms with van der Waals surface area (Å²) < 4.78 is 39.3. The number of alkyl halides is 3. The Bertz CT molecular complexity index is 1130. The molecule has 1 atom stereocenters. The summed E-state index contributed by atoms with van der Waals surface area (Å²) in [4.78, 5) is 33.0. The second-order valence-corrected chi connectivity index (χ2v) is 6.60. The van der Waals surface area contributed by atoms with Crippen molar-refractivity contribution in [3.63, 3.8) is 0 Å². The third kappa shape index (κ3) is 3.47. The maximum absolute atomic E-state index is 12.7. The third-order valence-electron chi connectivity index (χ3n) is 4.43. The Kier molecular flexibility index (Phi) is 4.48. The SMILES string of the molecule is Cc1cc(NC(=O)c2ccc(C(F)(F)F)cc2)n(C2=NC(=O)C3C=NN(C)C3=N2)n1. The van der Waals surface area contributed by atoms with Crippen LogP contribution in [0.2, 0.25) is 0 Å². The number of benzene rings is 1. The maximum Gasteiger partial charge on any atom is 0.416 e. The molecule has 3 heterocycles. The lowest BCUT2D eigenvalue weighted by Crippen LogP contribution is -2.35. The fourth-order valence-corrected chi connectivity index (χ4v) is 2.94. The zero-order valence-corrected chi connectivity index (χ0v) is 15.7. The van der Waals surface area contributed by atoms with Crippen LogP contribution in [0.4, 0.5) is 19.0 Å². The molecule has 9 nitrogen and oxygen atoms in total. The Morgan fingerprint density at radius 1 is 1.17 bits per heavy atom. The van der Waals surface area contributed by atoms with Gasteiger partial charge in [0.05, 0.1) is 11.3 Å². The van der Waals surface area contributed by atoms with Gasteiger partial charge in [-0.05, 0) is 31.2 Å². The first-order valence-corrected chi connectivity index (χ1v) is 8.68. The molecule has 154 valence electrons. The Labute approximate surface area is 167 Å². The molecule has 0 spiro atoms. The van der Waals surface area contributed by atoms with Gasteiger partial charge in [-0.25, -0.2) is 0 Å². The number of amides is 2. The summed E-state index contributed by atoms with van der Waals surface area (Å²) in [6.07, 6.45) is -3.06. The molecule has 2 amide bonds. The molecule has 30 heavy (non-hydrogen) atoms. The van der Waals surface area contributed by atoms with Gasteiger partial charge < -0.3 is 5.32 Å². The summed E-state index contributed by atoms with van der Waals surface area (Å²) in [5.41, 5.74) is -0.333. The zero-order valence-electron chi connectivity index (χ0n) is 15.7. The van der Waals surface area contributed by atoms with E-state index >= 15 is 0 Å². The van der Waals surface area contributed by atoms with Gasteiger partial charge in [-0.2, -0.15) is 38.0 Å². The van der Waals surface area contributed by atoms with E-state index in [2.05, 4.69) is 25.5 Å². The molecule has 12 heteroatoms. The Hall–Kier alpha value is -3.83. The van der Waals surface area contributed by atoms with Crippen molar-refractivity contribution in [2.45, 2.75) is 13.1 Å². The van der Waals surface area contributed by atoms with Crippen LogP contribution in [-0.2, 0) is 11.0 Å². The predicted octanol–water partition coefficient (Wildman–Crippen LogP) is 2.15. The number of aryl methyl sites for hydroxylation is 1. The molecule has 2 aliphatic rings. The number of carbonyl (C=O) groups is 2. The number of carbonyl (C=O) groups excluding carboxylic acids is 2. The fraction of sp³-hybridized carbons (Fsp3) is 0.222. The highest BCUT2D eigenvalue weighted by Gasteiger charge is 2.35. The molecular weight excluding hydrogens is 403 g/mol. The summed E-state index contributed by atoms with van der Waals surface area (Å²) in [5.74, 6) is -1.32. The summed E-state index contributed by atoms with van der Waals surface area (Å²) in [7, 11) is 1.63. The highest BCUT2D eigenvalue weighted by molar-refractivity contribution is 6.24. The lowest BCUT2D eigenvalue weighted by atomic mass is 10.1. The highest BCUT2D eigenvalue weighted by Crippen LogP contribution is 2.29. The number of halogens is 3. The minimum Gasteiger partial charge on any atom is -0.306 e. The van der Waals surface area contributed by atoms with Crippen molar-refractivity contribution in [3.8, 4) is 0 Å². The molecule has 1 unspecified atom stereocenters. The maximum atomic E-state index is 12.7. The van der Waals surface area contributed by atoms with Crippen molar-refractivity contribution < 1.29 is 22.8 Å². The number of fused-ring (bicyclic) bond motifs is 1. The topological polar surface area (TPSA) is 104 Å². The largest absolute Gasteiger partial charge is 0.416 e. The number of hydrogen-bond donors (Lipinski definition) is 1. The summed E-state index contributed by atoms with van der Waals surface area (Å²) >= 11 is 0. The third-order valence-corrected chi connectivity index (χ3v) is 4.43. The van der Waals surface area contributed by atoms with Crippen LogP contribution in [0.1, 0.15) is 21.6 Å². The molecule has 1 aromatic carbocycles. The highest BCUT2D eigenvalue weighted by atomic mass is 19.4. The number of hydrogen-bond acceptors (Lipinski definition) is 6. The Balaban J connectivity index is 1.61. The Morgan fingerprint density at radius 2 is 1.87 bits per heavy atom. The molecule has 1 aromatic heterocycles. The van der Waals surface area contributed by atoms with E-state index in [0.717, 1.165) is 24.3 Å². The smallest absolute Gasteiger partial charge is 0.306 e. The Morgan fingerprint density at radius 3 is 2.53 bits per heavy atom. The second kappa shape index (κ2) is 6.90. The number of anilines is 1. The van der Waals surface area contributed by atoms with Gasteiger partial charge >= 0.3 is 6.18 Å². The number of rotatable bonds is 2. The molecule has 2 aliphatic heterocycles. The predicted molar refractivity (Wildman–Crippen MR) is 101 cm³/mol. The quantitative estimate of drug-likeness (QED) is 0.809. The van der Waals surface area contributed by atoms with Crippen LogP contribution in [0.3, 0.4) is 0 Å². The molecule has 0 saturated carbocycles. The molecule has 0 radical (unpaired) electrons. The first-order valence-electron chi connectivity index (χ1n) is 8.68. The van der Waals surface area contributed by atoms with Crippen LogP contribution in [0.5, 0.6) is 0 Å². The van der Waals surface area contributed by atoms with Gasteiger partial charge in [-0.15, -0.1) is 0 Å². The fourth-order valence-electron chi connectivity index (χ4n) is 2.94. The van der Waals surface area contributed by atoms with Crippen LogP contribution in [0, 0.1) is 12.8 Å². The van der Waals surface area contributed by atoms with Gasteiger partial charge in [0.25, 0.3) is 17.8 Å². The second-order valence-electron chi connectivity index (χ2n) is 6.60. The van der Waals surface area contributed by atoms with Gasteiger partial charge in [0.1, 0.15) is 17.6 Å². The van der Waals surface area contributed by atoms with Crippen molar-refractivity contribution in [2.24, 2.45) is 21.0 Å². The molecule has 1 N–H and O–H groups in total. The number of nitrogens with one attached hydrogen (secondary N) is 1. The zero-order chi connectivity index (χ0) is 21.6. The van der Waals surface area contributed by atoms with Crippen LogP contribution >= 0.6 is 0 Å². The van der Waals surface area contributed by atoms with Gasteiger partial charge in [0.2, 0.25) is 0 Å². The van der Waals surface area contributed by atoms with Gasteiger partial charge in [-0.3, -0.25) is 14.6 Å². The molecule has 2 aromatic rings. The summed E-state index contributed by atoms with van der Waals surface area (Å²) in [6.45, 7) is 1.66. The first-order chi connectivity index (χ1) is 14.1. The monoisotopic (exact) mass is 417 g/mol. The van der Waals surface area contributed by atoms with Crippen LogP contribution in [0.25, 0.3) is 0 Å². The minimum absolute atomic E-state index is 0.0189. The van der Waals surface area contributed by atoms with E-state index in [1.165, 1.54) is 22.0 Å². The van der Waals surface area contributed by atoms with E-state index in [4.69, 9.17) is 0 Å². The van der Waals surface area contributed by atoms with E-state index in [0.29, 0.717) is 11.5 Å². The number of aromatic nitrogens is 2. The van der Waals surface area contributed by atoms with Gasteiger partial charge in [0, 0.05) is 24.9 Å². The van der Waals surface area contributed by atoms with Crippen LogP contribution in [0.15, 0.2) is 45.4 Å². The first kappa shape index (κ1) is 19.5. The molecular formula is C18H14F3N7O2. The number of amidine groups is 1. The standard InChI is InChI=1S/C18H14F3N7O2/c1-9-7-13(23-15(29)10-3-5-11(6-4-10)18(19,20)21)28(26-9)17-24-14-12(16(30)25-17)8-22-27(14)2/h3-8,12H,1-2H3,(H,23,29). The molecule has 0 fully saturated rings. The summed E-state index contributed by atoms with van der Waals surface area (Å²) in [6, 6.07) is 5.31. The van der Waals surface area contributed by atoms with Crippen molar-refractivity contribution in [3.05, 3.63) is 47.2 Å². The van der Waals surface area contributed by atoms with Crippen molar-refractivity contribution in [2.75, 3.05) is 12.4 Å². The lowest BCUT2D eigenvalue weighted by molar-refractivity contribution is -0.137. The number of hydrazone groups is 1. The lowest BCUT2D eigenvalue weighted by Gasteiger charge is -2.17. The molecule has 0 aliphatic carbocycles. The van der Waals surface area contributed by atoms with Crippen LogP contribution in [-0.4, -0.2) is 51.7 Å². The van der Waals surface area contributed by atoms with E-state index in [-0.39, 0.29) is 17.3 Å². The average Bonchev–Trinajstić information content (AvgIpc) is 3.24. The van der Waals surface area contributed by atoms with E-state index in [1.807, 2.05) is 0 Å². The van der Waals surface area contributed by atoms with E-state index in [9.17, 15) is 22.8 Å². The molecule has 4 rings (SSSR count). The van der Waals surface area contributed by atoms with Gasteiger partial charge in [-0.1, -0.05) is 0 Å². The van der Waals surface area contributed by atoms with Gasteiger partial charge in [0.15, 0.2) is 0 Å².